The van der Waals surface area contributed by atoms with E-state index in [0.717, 1.165) is 65.2 Å². The fraction of sp³-hybridized carbons (Fsp3) is 0.522. The van der Waals surface area contributed by atoms with E-state index < -0.39 is 0 Å². The van der Waals surface area contributed by atoms with Crippen molar-refractivity contribution in [3.63, 3.8) is 0 Å². The van der Waals surface area contributed by atoms with E-state index in [9.17, 15) is 0 Å². The minimum absolute atomic E-state index is 0.0954. The molecule has 5 heterocycles. The molecule has 0 radical (unpaired) electrons. The van der Waals surface area contributed by atoms with Crippen molar-refractivity contribution >= 4 is 40.6 Å². The van der Waals surface area contributed by atoms with Crippen molar-refractivity contribution in [3.05, 3.63) is 34.7 Å². The molecule has 9 nitrogen and oxygen atoms in total. The Morgan fingerprint density at radius 1 is 1.29 bits per heavy atom. The second kappa shape index (κ2) is 9.16. The molecular formula is C23H31ClN8OS. The molecule has 0 unspecified atom stereocenters. The minimum Gasteiger partial charge on any atom is -0.382 e. The van der Waals surface area contributed by atoms with Crippen LogP contribution in [0.3, 0.4) is 0 Å². The van der Waals surface area contributed by atoms with E-state index in [1.54, 1.807) is 18.0 Å². The summed E-state index contributed by atoms with van der Waals surface area (Å²) >= 11 is 8.01. The summed E-state index contributed by atoms with van der Waals surface area (Å²) in [5, 5.41) is 9.66. The summed E-state index contributed by atoms with van der Waals surface area (Å²) in [5.41, 5.74) is 14.4. The highest BCUT2D eigenvalue weighted by Gasteiger charge is 2.44. The molecule has 0 bridgehead atoms. The van der Waals surface area contributed by atoms with Crippen LogP contribution in [0, 0.1) is 12.3 Å². The molecule has 0 saturated carbocycles. The summed E-state index contributed by atoms with van der Waals surface area (Å²) in [6.07, 6.45) is 3.71. The van der Waals surface area contributed by atoms with Crippen LogP contribution in [0.1, 0.15) is 24.2 Å². The van der Waals surface area contributed by atoms with Crippen LogP contribution >= 0.6 is 23.4 Å². The number of hydrogen-bond donors (Lipinski definition) is 2. The maximum Gasteiger partial charge on any atom is 0.176 e. The lowest BCUT2D eigenvalue weighted by Gasteiger charge is -2.42. The van der Waals surface area contributed by atoms with Gasteiger partial charge in [-0.3, -0.25) is 4.40 Å². The number of anilines is 2. The van der Waals surface area contributed by atoms with E-state index in [1.165, 1.54) is 0 Å². The molecule has 2 aliphatic rings. The lowest BCUT2D eigenvalue weighted by molar-refractivity contribution is 0.131. The first-order valence-corrected chi connectivity index (χ1v) is 12.7. The van der Waals surface area contributed by atoms with E-state index in [2.05, 4.69) is 42.4 Å². The van der Waals surface area contributed by atoms with Gasteiger partial charge in [0.15, 0.2) is 11.5 Å². The van der Waals surface area contributed by atoms with Crippen molar-refractivity contribution in [1.82, 2.24) is 24.5 Å². The van der Waals surface area contributed by atoms with Crippen molar-refractivity contribution < 1.29 is 4.74 Å². The first kappa shape index (κ1) is 23.6. The Labute approximate surface area is 208 Å². The number of nitrogens with two attached hydrogens (primary N) is 2. The normalized spacial score (nSPS) is 20.2. The number of nitrogen functional groups attached to an aromatic ring is 1. The molecule has 4 N–H and O–H groups in total. The third-order valence-electron chi connectivity index (χ3n) is 6.97. The number of ether oxygens (including phenoxy) is 1. The number of halogens is 1. The minimum atomic E-state index is 0.0954. The Morgan fingerprint density at radius 3 is 2.74 bits per heavy atom. The van der Waals surface area contributed by atoms with Crippen LogP contribution in [0.4, 0.5) is 11.6 Å². The number of aromatic nitrogens is 4. The Bertz CT molecular complexity index is 1210. The Hall–Kier alpha value is -2.11. The molecule has 0 aliphatic carbocycles. The van der Waals surface area contributed by atoms with Crippen LogP contribution in [0.2, 0.25) is 5.02 Å². The molecule has 2 saturated heterocycles. The summed E-state index contributed by atoms with van der Waals surface area (Å²) in [4.78, 5) is 10.5. The van der Waals surface area contributed by atoms with Gasteiger partial charge in [-0.25, -0.2) is 4.98 Å². The highest BCUT2D eigenvalue weighted by molar-refractivity contribution is 7.99. The van der Waals surface area contributed by atoms with Gasteiger partial charge in [0.25, 0.3) is 0 Å². The molecule has 3 aromatic rings. The Balaban J connectivity index is 1.55. The largest absolute Gasteiger partial charge is 0.382 e. The molecule has 5 rings (SSSR count). The second-order valence-corrected chi connectivity index (χ2v) is 11.0. The van der Waals surface area contributed by atoms with Crippen LogP contribution in [-0.4, -0.2) is 70.9 Å². The average molecular weight is 503 g/mol. The molecule has 182 valence electrons. The molecule has 0 aromatic carbocycles. The van der Waals surface area contributed by atoms with E-state index in [4.69, 9.17) is 27.8 Å². The third-order valence-corrected chi connectivity index (χ3v) is 8.75. The first-order chi connectivity index (χ1) is 16.3. The predicted molar refractivity (Wildman–Crippen MR) is 136 cm³/mol. The molecule has 1 spiro atoms. The van der Waals surface area contributed by atoms with Gasteiger partial charge >= 0.3 is 0 Å². The van der Waals surface area contributed by atoms with Crippen LogP contribution in [0.15, 0.2) is 28.1 Å². The Morgan fingerprint density at radius 2 is 2.06 bits per heavy atom. The number of rotatable bonds is 5. The van der Waals surface area contributed by atoms with Crippen LogP contribution in [-0.2, 0) is 11.3 Å². The van der Waals surface area contributed by atoms with Gasteiger partial charge in [0.1, 0.15) is 11.6 Å². The number of pyridine rings is 2. The van der Waals surface area contributed by atoms with E-state index >= 15 is 0 Å². The van der Waals surface area contributed by atoms with Gasteiger partial charge in [-0.1, -0.05) is 23.4 Å². The quantitative estimate of drug-likeness (QED) is 0.544. The zero-order valence-electron chi connectivity index (χ0n) is 19.8. The van der Waals surface area contributed by atoms with Gasteiger partial charge in [-0.05, 0) is 51.6 Å². The zero-order chi connectivity index (χ0) is 24.0. The number of nitrogens with zero attached hydrogens (tertiary/aromatic N) is 6. The van der Waals surface area contributed by atoms with Crippen molar-refractivity contribution in [2.24, 2.45) is 11.1 Å². The highest BCUT2D eigenvalue weighted by atomic mass is 35.5. The molecule has 34 heavy (non-hydrogen) atoms. The molecular weight excluding hydrogens is 472 g/mol. The molecule has 2 fully saturated rings. The smallest absolute Gasteiger partial charge is 0.176 e. The number of hydrogen-bond acceptors (Lipinski definition) is 9. The van der Waals surface area contributed by atoms with Gasteiger partial charge in [-0.15, -0.1) is 10.2 Å². The first-order valence-electron chi connectivity index (χ1n) is 11.5. The summed E-state index contributed by atoms with van der Waals surface area (Å²) in [5.74, 6) is 2.34. The van der Waals surface area contributed by atoms with Crippen LogP contribution in [0.5, 0.6) is 0 Å². The summed E-state index contributed by atoms with van der Waals surface area (Å²) in [6, 6.07) is 4.23. The molecule has 11 heteroatoms. The van der Waals surface area contributed by atoms with Gasteiger partial charge in [0.05, 0.1) is 29.7 Å². The van der Waals surface area contributed by atoms with Crippen molar-refractivity contribution in [3.8, 4) is 0 Å². The third kappa shape index (κ3) is 4.11. The van der Waals surface area contributed by atoms with Crippen molar-refractivity contribution in [2.45, 2.75) is 42.1 Å². The van der Waals surface area contributed by atoms with Gasteiger partial charge in [-0.2, -0.15) is 0 Å². The van der Waals surface area contributed by atoms with Crippen LogP contribution < -0.4 is 16.4 Å². The number of fused-ring (bicyclic) bond motifs is 1. The van der Waals surface area contributed by atoms with Crippen molar-refractivity contribution in [1.29, 1.82) is 0 Å². The standard InChI is InChI=1S/C23H31ClN8OS/c1-14-10-18(31-8-5-23(6-9-31)13-33-12-16(23)25)32-17(11-30(2)3)28-29-22(32)20(14)34-15-4-7-27-21(26)19(15)24/h4,7,10,16H,5-6,8-9,11-13,25H2,1-3H3,(H2,26,27)/t16-/m1/s1. The van der Waals surface area contributed by atoms with Crippen LogP contribution in [0.25, 0.3) is 5.65 Å². The maximum atomic E-state index is 6.46. The summed E-state index contributed by atoms with van der Waals surface area (Å²) in [6.45, 7) is 6.06. The highest BCUT2D eigenvalue weighted by Crippen LogP contribution is 2.43. The topological polar surface area (TPSA) is 111 Å². The molecule has 3 aromatic heterocycles. The fourth-order valence-corrected chi connectivity index (χ4v) is 6.16. The average Bonchev–Trinajstić information content (AvgIpc) is 3.37. The van der Waals surface area contributed by atoms with E-state index in [-0.39, 0.29) is 11.5 Å². The number of aryl methyl sites for hydroxylation is 1. The summed E-state index contributed by atoms with van der Waals surface area (Å²) in [7, 11) is 4.08. The second-order valence-electron chi connectivity index (χ2n) is 9.61. The summed E-state index contributed by atoms with van der Waals surface area (Å²) < 4.78 is 7.91. The SMILES string of the molecule is Cc1cc(N2CCC3(CC2)COC[C@H]3N)n2c(CN(C)C)nnc2c1Sc1ccnc(N)c1Cl. The number of piperidine rings is 1. The van der Waals surface area contributed by atoms with Gasteiger partial charge < -0.3 is 26.0 Å². The zero-order valence-corrected chi connectivity index (χ0v) is 21.4. The monoisotopic (exact) mass is 502 g/mol. The molecule has 1 atom stereocenters. The van der Waals surface area contributed by atoms with E-state index in [0.29, 0.717) is 24.0 Å². The lowest BCUT2D eigenvalue weighted by Crippen LogP contribution is -2.49. The maximum absolute atomic E-state index is 6.46. The molecule has 0 amide bonds. The van der Waals surface area contributed by atoms with Gasteiger partial charge in [0, 0.05) is 35.6 Å². The predicted octanol–water partition coefficient (Wildman–Crippen LogP) is 2.83. The van der Waals surface area contributed by atoms with E-state index in [1.807, 2.05) is 20.2 Å². The lowest BCUT2D eigenvalue weighted by atomic mass is 9.75. The van der Waals surface area contributed by atoms with Crippen molar-refractivity contribution in [2.75, 3.05) is 51.0 Å². The Kier molecular flexibility index (Phi) is 6.36. The molecule has 2 aliphatic heterocycles. The van der Waals surface area contributed by atoms with Gasteiger partial charge in [0.2, 0.25) is 0 Å². The fourth-order valence-electron chi connectivity index (χ4n) is 4.95.